The summed E-state index contributed by atoms with van der Waals surface area (Å²) in [5.41, 5.74) is 1.82. The molecule has 0 atom stereocenters. The predicted molar refractivity (Wildman–Crippen MR) is 96.8 cm³/mol. The van der Waals surface area contributed by atoms with Gasteiger partial charge in [-0.1, -0.05) is 0 Å². The summed E-state index contributed by atoms with van der Waals surface area (Å²) in [6.45, 7) is 2.62. The summed E-state index contributed by atoms with van der Waals surface area (Å²) < 4.78 is 6.96. The van der Waals surface area contributed by atoms with E-state index in [0.29, 0.717) is 18.9 Å². The Hall–Kier alpha value is -2.34. The fourth-order valence-electron chi connectivity index (χ4n) is 3.12. The molecule has 6 heteroatoms. The Labute approximate surface area is 148 Å². The zero-order valence-corrected chi connectivity index (χ0v) is 14.7. The maximum atomic E-state index is 12.0. The zero-order valence-electron chi connectivity index (χ0n) is 14.7. The number of nitrogens with zero attached hydrogens (tertiary/aromatic N) is 2. The van der Waals surface area contributed by atoms with Gasteiger partial charge in [-0.05, 0) is 68.6 Å². The molecule has 2 heterocycles. The van der Waals surface area contributed by atoms with Gasteiger partial charge in [-0.15, -0.1) is 0 Å². The van der Waals surface area contributed by atoms with Crippen LogP contribution in [0.15, 0.2) is 36.5 Å². The lowest BCUT2D eigenvalue weighted by Gasteiger charge is -2.22. The molecule has 0 bridgehead atoms. The predicted octanol–water partition coefficient (Wildman–Crippen LogP) is 2.28. The Morgan fingerprint density at radius 2 is 2.04 bits per heavy atom. The molecule has 0 aliphatic carbocycles. The number of hydrogen-bond acceptors (Lipinski definition) is 4. The summed E-state index contributed by atoms with van der Waals surface area (Å²) >= 11 is 0. The Kier molecular flexibility index (Phi) is 6.06. The van der Waals surface area contributed by atoms with Crippen molar-refractivity contribution in [1.29, 1.82) is 0 Å². The molecule has 6 nitrogen and oxygen atoms in total. The molecular weight excluding hydrogens is 316 g/mol. The van der Waals surface area contributed by atoms with Gasteiger partial charge in [0.2, 0.25) is 5.91 Å². The van der Waals surface area contributed by atoms with Crippen LogP contribution in [0.3, 0.4) is 0 Å². The van der Waals surface area contributed by atoms with Gasteiger partial charge in [0.1, 0.15) is 5.75 Å². The third-order valence-corrected chi connectivity index (χ3v) is 4.69. The van der Waals surface area contributed by atoms with Gasteiger partial charge in [0.05, 0.1) is 25.0 Å². The summed E-state index contributed by atoms with van der Waals surface area (Å²) in [6, 6.07) is 9.64. The van der Waals surface area contributed by atoms with Crippen LogP contribution >= 0.6 is 0 Å². The van der Waals surface area contributed by atoms with E-state index in [1.807, 2.05) is 36.5 Å². The number of ether oxygens (including phenoxy) is 1. The van der Waals surface area contributed by atoms with Gasteiger partial charge in [-0.2, -0.15) is 5.10 Å². The van der Waals surface area contributed by atoms with Gasteiger partial charge >= 0.3 is 0 Å². The zero-order chi connectivity index (χ0) is 17.5. The number of rotatable bonds is 7. The molecule has 0 unspecified atom stereocenters. The molecule has 0 saturated carbocycles. The van der Waals surface area contributed by atoms with E-state index in [4.69, 9.17) is 4.74 Å². The maximum absolute atomic E-state index is 12.0. The third-order valence-electron chi connectivity index (χ3n) is 4.69. The average Bonchev–Trinajstić information content (AvgIpc) is 3.14. The number of methoxy groups -OCH3 is 1. The summed E-state index contributed by atoms with van der Waals surface area (Å²) in [7, 11) is 1.65. The summed E-state index contributed by atoms with van der Waals surface area (Å²) in [4.78, 5) is 12.0. The highest BCUT2D eigenvalue weighted by Crippen LogP contribution is 2.17. The van der Waals surface area contributed by atoms with Crippen LogP contribution in [-0.2, 0) is 11.3 Å². The molecule has 1 aromatic carbocycles. The Bertz CT molecular complexity index is 675. The van der Waals surface area contributed by atoms with Crippen molar-refractivity contribution in [3.8, 4) is 11.4 Å². The van der Waals surface area contributed by atoms with Gasteiger partial charge < -0.3 is 15.4 Å². The number of amides is 1. The monoisotopic (exact) mass is 342 g/mol. The fraction of sp³-hybridized carbons (Fsp3) is 0.474. The van der Waals surface area contributed by atoms with Crippen molar-refractivity contribution in [3.63, 3.8) is 0 Å². The molecule has 0 radical (unpaired) electrons. The molecule has 2 N–H and O–H groups in total. The first-order valence-electron chi connectivity index (χ1n) is 8.91. The van der Waals surface area contributed by atoms with E-state index < -0.39 is 0 Å². The second-order valence-electron chi connectivity index (χ2n) is 6.46. The van der Waals surface area contributed by atoms with Crippen LogP contribution in [0.4, 0.5) is 0 Å². The van der Waals surface area contributed by atoms with Gasteiger partial charge in [0.15, 0.2) is 0 Å². The molecule has 1 aliphatic heterocycles. The van der Waals surface area contributed by atoms with Crippen LogP contribution in [0.2, 0.25) is 0 Å². The van der Waals surface area contributed by atoms with Crippen molar-refractivity contribution in [2.45, 2.75) is 32.2 Å². The number of carbonyl (C=O) groups is 1. The Morgan fingerprint density at radius 1 is 1.28 bits per heavy atom. The molecule has 3 rings (SSSR count). The normalized spacial score (nSPS) is 15.1. The highest BCUT2D eigenvalue weighted by molar-refractivity contribution is 5.75. The minimum atomic E-state index is 0.109. The number of hydrogen-bond donors (Lipinski definition) is 2. The lowest BCUT2D eigenvalue weighted by atomic mass is 9.93. The van der Waals surface area contributed by atoms with E-state index in [9.17, 15) is 4.79 Å². The molecule has 1 saturated heterocycles. The molecule has 134 valence electrons. The third kappa shape index (κ3) is 5.06. The van der Waals surface area contributed by atoms with E-state index in [1.165, 1.54) is 12.8 Å². The van der Waals surface area contributed by atoms with Crippen molar-refractivity contribution < 1.29 is 9.53 Å². The van der Waals surface area contributed by atoms with Crippen LogP contribution in [0.25, 0.3) is 5.69 Å². The first kappa shape index (κ1) is 17.5. The quantitative estimate of drug-likeness (QED) is 0.810. The van der Waals surface area contributed by atoms with Crippen LogP contribution < -0.4 is 15.4 Å². The van der Waals surface area contributed by atoms with Crippen molar-refractivity contribution in [3.05, 3.63) is 42.2 Å². The van der Waals surface area contributed by atoms with Gasteiger partial charge in [0, 0.05) is 12.6 Å². The largest absolute Gasteiger partial charge is 0.497 e. The van der Waals surface area contributed by atoms with E-state index >= 15 is 0 Å². The SMILES string of the molecule is COc1ccc(-n2ccc(CNC(=O)CCC3CCNCC3)n2)cc1. The number of aromatic nitrogens is 2. The van der Waals surface area contributed by atoms with Crippen molar-refractivity contribution in [2.24, 2.45) is 5.92 Å². The van der Waals surface area contributed by atoms with E-state index in [0.717, 1.165) is 36.6 Å². The molecule has 2 aromatic rings. The Morgan fingerprint density at radius 3 is 2.76 bits per heavy atom. The number of piperidine rings is 1. The summed E-state index contributed by atoms with van der Waals surface area (Å²) in [5.74, 6) is 1.61. The van der Waals surface area contributed by atoms with E-state index in [2.05, 4.69) is 15.7 Å². The number of carbonyl (C=O) groups excluding carboxylic acids is 1. The highest BCUT2D eigenvalue weighted by atomic mass is 16.5. The minimum absolute atomic E-state index is 0.109. The van der Waals surface area contributed by atoms with E-state index in [1.54, 1.807) is 11.8 Å². The lowest BCUT2D eigenvalue weighted by molar-refractivity contribution is -0.121. The molecule has 25 heavy (non-hydrogen) atoms. The van der Waals surface area contributed by atoms with Crippen molar-refractivity contribution in [2.75, 3.05) is 20.2 Å². The fourth-order valence-corrected chi connectivity index (χ4v) is 3.12. The van der Waals surface area contributed by atoms with E-state index in [-0.39, 0.29) is 5.91 Å². The first-order valence-corrected chi connectivity index (χ1v) is 8.91. The molecular formula is C19H26N4O2. The first-order chi connectivity index (χ1) is 12.2. The molecule has 1 aliphatic rings. The topological polar surface area (TPSA) is 68.2 Å². The molecule has 1 aromatic heterocycles. The van der Waals surface area contributed by atoms with Crippen LogP contribution in [-0.4, -0.2) is 35.9 Å². The average molecular weight is 342 g/mol. The molecule has 1 fully saturated rings. The summed E-state index contributed by atoms with van der Waals surface area (Å²) in [5, 5.41) is 10.8. The molecule has 0 spiro atoms. The van der Waals surface area contributed by atoms with Gasteiger partial charge in [-0.25, -0.2) is 4.68 Å². The second-order valence-corrected chi connectivity index (χ2v) is 6.46. The number of nitrogens with one attached hydrogen (secondary N) is 2. The van der Waals surface area contributed by atoms with Crippen molar-refractivity contribution in [1.82, 2.24) is 20.4 Å². The smallest absolute Gasteiger partial charge is 0.220 e. The van der Waals surface area contributed by atoms with Crippen molar-refractivity contribution >= 4 is 5.91 Å². The lowest BCUT2D eigenvalue weighted by Crippen LogP contribution is -2.29. The molecule has 1 amide bonds. The standard InChI is InChI=1S/C19H26N4O2/c1-25-18-5-3-17(4-6-18)23-13-10-16(22-23)14-21-19(24)7-2-15-8-11-20-12-9-15/h3-6,10,13,15,20H,2,7-9,11-12,14H2,1H3,(H,21,24). The van der Waals surface area contributed by atoms with Crippen LogP contribution in [0.1, 0.15) is 31.4 Å². The number of benzene rings is 1. The van der Waals surface area contributed by atoms with Gasteiger partial charge in [-0.3, -0.25) is 4.79 Å². The van der Waals surface area contributed by atoms with Crippen LogP contribution in [0, 0.1) is 5.92 Å². The minimum Gasteiger partial charge on any atom is -0.497 e. The summed E-state index contributed by atoms with van der Waals surface area (Å²) in [6.07, 6.45) is 5.84. The van der Waals surface area contributed by atoms with Crippen LogP contribution in [0.5, 0.6) is 5.75 Å². The second kappa shape index (κ2) is 8.67. The van der Waals surface area contributed by atoms with Gasteiger partial charge in [0.25, 0.3) is 0 Å². The Balaban J connectivity index is 1.45. The maximum Gasteiger partial charge on any atom is 0.220 e. The highest BCUT2D eigenvalue weighted by Gasteiger charge is 2.14.